The van der Waals surface area contributed by atoms with Crippen LogP contribution in [-0.4, -0.2) is 6.29 Å². The van der Waals surface area contributed by atoms with Gasteiger partial charge in [-0.1, -0.05) is 12.1 Å². The van der Waals surface area contributed by atoms with Gasteiger partial charge in [-0.3, -0.25) is 0 Å². The maximum atomic E-state index is 8.81. The Morgan fingerprint density at radius 2 is 2.08 bits per heavy atom. The van der Waals surface area contributed by atoms with Crippen molar-refractivity contribution in [1.29, 1.82) is 0 Å². The third kappa shape index (κ3) is 2.42. The van der Waals surface area contributed by atoms with E-state index in [4.69, 9.17) is 9.21 Å². The van der Waals surface area contributed by atoms with Crippen LogP contribution in [0.4, 0.5) is 0 Å². The van der Waals surface area contributed by atoms with Crippen LogP contribution in [0, 0.1) is 0 Å². The van der Waals surface area contributed by atoms with E-state index in [-0.39, 0.29) is 0 Å². The molecule has 0 saturated carbocycles. The smallest absolute Gasteiger partial charge is 0.148 e. The van der Waals surface area contributed by atoms with Gasteiger partial charge in [-0.05, 0) is 35.0 Å². The molecule has 13 heavy (non-hydrogen) atoms. The number of carbonyl (C=O) groups is 1. The molecule has 1 aromatic heterocycles. The maximum absolute atomic E-state index is 8.81. The van der Waals surface area contributed by atoms with Crippen molar-refractivity contribution in [3.63, 3.8) is 0 Å². The van der Waals surface area contributed by atoms with Crippen LogP contribution in [0.3, 0.4) is 0 Å². The van der Waals surface area contributed by atoms with Gasteiger partial charge in [-0.2, -0.15) is 0 Å². The van der Waals surface area contributed by atoms with Crippen LogP contribution in [0.5, 0.6) is 0 Å². The number of hydrogen-bond acceptors (Lipinski definition) is 2. The van der Waals surface area contributed by atoms with Crippen molar-refractivity contribution in [2.24, 2.45) is 0 Å². The third-order valence-electron chi connectivity index (χ3n) is 1.43. The molecular weight excluding hydrogens is 232 g/mol. The summed E-state index contributed by atoms with van der Waals surface area (Å²) in [5, 5.41) is 1.13. The van der Waals surface area contributed by atoms with Crippen molar-refractivity contribution < 1.29 is 9.21 Å². The minimum Gasteiger partial charge on any atom is -0.463 e. The fourth-order valence-electron chi connectivity index (χ4n) is 0.956. The van der Waals surface area contributed by atoms with Gasteiger partial charge in [0, 0.05) is 5.39 Å². The minimum atomic E-state index is 0.750. The largest absolute Gasteiger partial charge is 0.463 e. The molecule has 68 valence electrons. The number of aldehydes is 1. The minimum absolute atomic E-state index is 0.750. The summed E-state index contributed by atoms with van der Waals surface area (Å²) in [7, 11) is 0. The topological polar surface area (TPSA) is 30.2 Å². The summed E-state index contributed by atoms with van der Waals surface area (Å²) < 4.78 is 6.21. The van der Waals surface area contributed by atoms with Crippen LogP contribution >= 0.6 is 15.9 Å². The van der Waals surface area contributed by atoms with E-state index in [1.807, 2.05) is 24.3 Å². The second-order valence-corrected chi connectivity index (χ2v) is 3.17. The van der Waals surface area contributed by atoms with Crippen molar-refractivity contribution >= 4 is 33.2 Å². The Morgan fingerprint density at radius 1 is 1.38 bits per heavy atom. The molecular formula is C10H9BrO2. The van der Waals surface area contributed by atoms with Crippen LogP contribution < -0.4 is 0 Å². The predicted molar refractivity (Wildman–Crippen MR) is 55.7 cm³/mol. The molecule has 0 atom stereocenters. The molecule has 0 saturated heterocycles. The number of benzene rings is 1. The molecule has 2 rings (SSSR count). The van der Waals surface area contributed by atoms with Gasteiger partial charge in [-0.15, -0.1) is 0 Å². The molecule has 0 radical (unpaired) electrons. The molecule has 1 heterocycles. The second kappa shape index (κ2) is 4.82. The van der Waals surface area contributed by atoms with Crippen LogP contribution in [-0.2, 0) is 4.79 Å². The number of hydrogen-bond donors (Lipinski definition) is 0. The highest BCUT2D eigenvalue weighted by molar-refractivity contribution is 9.10. The summed E-state index contributed by atoms with van der Waals surface area (Å²) >= 11 is 3.38. The van der Waals surface area contributed by atoms with Gasteiger partial charge in [0.2, 0.25) is 0 Å². The zero-order chi connectivity index (χ0) is 9.68. The predicted octanol–water partition coefficient (Wildman–Crippen LogP) is 3.40. The van der Waals surface area contributed by atoms with E-state index >= 15 is 0 Å². The van der Waals surface area contributed by atoms with Crippen LogP contribution in [0.15, 0.2) is 39.4 Å². The number of para-hydroxylation sites is 1. The molecule has 2 nitrogen and oxygen atoms in total. The zero-order valence-corrected chi connectivity index (χ0v) is 8.74. The molecule has 0 fully saturated rings. The number of halogens is 1. The normalized spacial score (nSPS) is 9.08. The summed E-state index contributed by atoms with van der Waals surface area (Å²) in [6, 6.07) is 7.91. The van der Waals surface area contributed by atoms with Crippen molar-refractivity contribution in [3.05, 3.63) is 35.0 Å². The van der Waals surface area contributed by atoms with Crippen molar-refractivity contribution in [3.8, 4) is 0 Å². The van der Waals surface area contributed by atoms with E-state index in [0.717, 1.165) is 21.7 Å². The lowest BCUT2D eigenvalue weighted by Gasteiger charge is -1.88. The number of fused-ring (bicyclic) bond motifs is 1. The summed E-state index contributed by atoms with van der Waals surface area (Å²) in [6.07, 6.45) is 2.44. The Labute approximate surface area is 84.7 Å². The maximum Gasteiger partial charge on any atom is 0.148 e. The van der Waals surface area contributed by atoms with Gasteiger partial charge in [0.25, 0.3) is 0 Å². The van der Waals surface area contributed by atoms with E-state index in [1.165, 1.54) is 6.92 Å². The molecule has 0 aliphatic rings. The van der Waals surface area contributed by atoms with Crippen LogP contribution in [0.1, 0.15) is 6.92 Å². The van der Waals surface area contributed by atoms with E-state index in [1.54, 1.807) is 6.26 Å². The Balaban J connectivity index is 0.000000251. The highest BCUT2D eigenvalue weighted by atomic mass is 79.9. The standard InChI is InChI=1S/C8H5BrO.C2H4O/c9-7-3-1-2-6-4-5-10-8(6)7;1-2-3/h1-5H;2H,1H3. The zero-order valence-electron chi connectivity index (χ0n) is 7.16. The van der Waals surface area contributed by atoms with Crippen molar-refractivity contribution in [2.75, 3.05) is 0 Å². The molecule has 0 bridgehead atoms. The fraction of sp³-hybridized carbons (Fsp3) is 0.100. The Bertz CT molecular complexity index is 392. The highest BCUT2D eigenvalue weighted by Gasteiger charge is 1.97. The average Bonchev–Trinajstić information content (AvgIpc) is 2.54. The van der Waals surface area contributed by atoms with Gasteiger partial charge in [0.1, 0.15) is 11.9 Å². The Hall–Kier alpha value is -1.09. The quantitative estimate of drug-likeness (QED) is 0.661. The molecule has 0 N–H and O–H groups in total. The first-order valence-electron chi connectivity index (χ1n) is 3.81. The summed E-state index contributed by atoms with van der Waals surface area (Å²) in [6.45, 7) is 1.44. The molecule has 0 amide bonds. The number of carbonyl (C=O) groups excluding carboxylic acids is 1. The number of furan rings is 1. The molecule has 0 aliphatic heterocycles. The first-order chi connectivity index (χ1) is 6.29. The Morgan fingerprint density at radius 3 is 2.69 bits per heavy atom. The Kier molecular flexibility index (Phi) is 3.71. The second-order valence-electron chi connectivity index (χ2n) is 2.31. The van der Waals surface area contributed by atoms with Crippen molar-refractivity contribution in [2.45, 2.75) is 6.92 Å². The highest BCUT2D eigenvalue weighted by Crippen LogP contribution is 2.23. The average molecular weight is 241 g/mol. The summed E-state index contributed by atoms with van der Waals surface area (Å²) in [5.74, 6) is 0. The third-order valence-corrected chi connectivity index (χ3v) is 2.06. The molecule has 0 unspecified atom stereocenters. The monoisotopic (exact) mass is 240 g/mol. The summed E-state index contributed by atoms with van der Waals surface area (Å²) in [4.78, 5) is 8.81. The van der Waals surface area contributed by atoms with E-state index in [2.05, 4.69) is 15.9 Å². The molecule has 0 spiro atoms. The van der Waals surface area contributed by atoms with Gasteiger partial charge in [0.15, 0.2) is 0 Å². The molecule has 3 heteroatoms. The number of rotatable bonds is 0. The van der Waals surface area contributed by atoms with Gasteiger partial charge >= 0.3 is 0 Å². The lowest BCUT2D eigenvalue weighted by atomic mass is 10.3. The van der Waals surface area contributed by atoms with E-state index in [9.17, 15) is 0 Å². The molecule has 0 aliphatic carbocycles. The lowest BCUT2D eigenvalue weighted by Crippen LogP contribution is -1.63. The SMILES string of the molecule is Brc1cccc2ccoc12.CC=O. The van der Waals surface area contributed by atoms with Gasteiger partial charge < -0.3 is 9.21 Å². The van der Waals surface area contributed by atoms with Crippen LogP contribution in [0.25, 0.3) is 11.0 Å². The van der Waals surface area contributed by atoms with E-state index < -0.39 is 0 Å². The first kappa shape index (κ1) is 9.99. The summed E-state index contributed by atoms with van der Waals surface area (Å²) in [5.41, 5.74) is 0.919. The van der Waals surface area contributed by atoms with E-state index in [0.29, 0.717) is 0 Å². The molecule has 2 aromatic rings. The fourth-order valence-corrected chi connectivity index (χ4v) is 1.43. The lowest BCUT2D eigenvalue weighted by molar-refractivity contribution is -0.106. The van der Waals surface area contributed by atoms with Gasteiger partial charge in [-0.25, -0.2) is 0 Å². The van der Waals surface area contributed by atoms with Crippen LogP contribution in [0.2, 0.25) is 0 Å². The van der Waals surface area contributed by atoms with Gasteiger partial charge in [0.05, 0.1) is 10.7 Å². The molecule has 1 aromatic carbocycles. The van der Waals surface area contributed by atoms with Crippen molar-refractivity contribution in [1.82, 2.24) is 0 Å². The first-order valence-corrected chi connectivity index (χ1v) is 4.60.